The molecule has 2 aromatic rings. The van der Waals surface area contributed by atoms with Crippen molar-refractivity contribution in [2.24, 2.45) is 0 Å². The van der Waals surface area contributed by atoms with Crippen molar-refractivity contribution in [2.75, 3.05) is 11.5 Å². The minimum Gasteiger partial charge on any atom is -0.477 e. The van der Waals surface area contributed by atoms with Crippen LogP contribution in [0.15, 0.2) is 21.0 Å². The third kappa shape index (κ3) is 4.66. The topological polar surface area (TPSA) is 162 Å². The Morgan fingerprint density at radius 3 is 2.68 bits per heavy atom. The van der Waals surface area contributed by atoms with Crippen molar-refractivity contribution in [3.8, 4) is 0 Å². The molecule has 4 rings (SSSR count). The Kier molecular flexibility index (Phi) is 6.67. The van der Waals surface area contributed by atoms with E-state index in [9.17, 15) is 37.9 Å². The van der Waals surface area contributed by atoms with Crippen molar-refractivity contribution in [1.29, 1.82) is 5.41 Å². The van der Waals surface area contributed by atoms with E-state index in [0.29, 0.717) is 21.6 Å². The number of aliphatic carboxylic acids is 1. The summed E-state index contributed by atoms with van der Waals surface area (Å²) in [7, 11) is 0. The molecule has 1 saturated heterocycles. The lowest BCUT2D eigenvalue weighted by Gasteiger charge is -2.49. The molecule has 182 valence electrons. The fourth-order valence-electron chi connectivity index (χ4n) is 3.19. The largest absolute Gasteiger partial charge is 0.477 e. The highest BCUT2D eigenvalue weighted by molar-refractivity contribution is 8.01. The first-order valence-electron chi connectivity index (χ1n) is 9.13. The van der Waals surface area contributed by atoms with Crippen LogP contribution >= 0.6 is 46.2 Å². The standard InChI is InChI=1S/C16H13F3N6O5S4/c17-16(18,19)13-22-23-15(34-13)33-3-5-2-31-11-8(10(27)24(11)9(5)12(28)29)21-7(26)1-6-4-32-14(20)25(6)30/h4,8,11,20,30H,1-3H2,(H,21,26)(H,28,29)/t8?,11-/m0/s1. The second-order valence-corrected chi connectivity index (χ2v) is 11.1. The Hall–Kier alpha value is -2.57. The zero-order chi connectivity index (χ0) is 24.8. The Morgan fingerprint density at radius 2 is 2.09 bits per heavy atom. The van der Waals surface area contributed by atoms with E-state index in [1.807, 2.05) is 0 Å². The van der Waals surface area contributed by atoms with E-state index in [-0.39, 0.29) is 38.5 Å². The van der Waals surface area contributed by atoms with Crippen LogP contribution < -0.4 is 10.1 Å². The third-order valence-corrected chi connectivity index (χ3v) is 9.01. The van der Waals surface area contributed by atoms with Gasteiger partial charge in [-0.15, -0.1) is 33.3 Å². The van der Waals surface area contributed by atoms with Gasteiger partial charge in [-0.05, 0) is 5.57 Å². The van der Waals surface area contributed by atoms with E-state index in [1.54, 1.807) is 0 Å². The SMILES string of the molecule is N=c1scc(CC(=O)NC2C(=O)N3C(C(=O)O)=C(CSc4nnc(C(F)(F)F)s4)CS[C@@H]23)n1O. The molecule has 4 N–H and O–H groups in total. The zero-order valence-corrected chi connectivity index (χ0v) is 19.8. The van der Waals surface area contributed by atoms with Gasteiger partial charge < -0.3 is 15.6 Å². The number of carbonyl (C=O) groups is 3. The number of aromatic nitrogens is 3. The van der Waals surface area contributed by atoms with E-state index in [0.717, 1.165) is 28.0 Å². The van der Waals surface area contributed by atoms with Gasteiger partial charge in [0, 0.05) is 16.9 Å². The van der Waals surface area contributed by atoms with Gasteiger partial charge in [0.25, 0.3) is 5.91 Å². The van der Waals surface area contributed by atoms with Crippen molar-refractivity contribution in [1.82, 2.24) is 25.1 Å². The Labute approximate surface area is 204 Å². The summed E-state index contributed by atoms with van der Waals surface area (Å²) in [6.45, 7) is 0. The lowest BCUT2D eigenvalue weighted by Crippen LogP contribution is -2.70. The molecule has 18 heteroatoms. The molecule has 2 amide bonds. The van der Waals surface area contributed by atoms with Gasteiger partial charge in [0.15, 0.2) is 4.34 Å². The van der Waals surface area contributed by atoms with Crippen LogP contribution in [0.3, 0.4) is 0 Å². The number of carboxylic acid groups (broad SMARTS) is 1. The van der Waals surface area contributed by atoms with E-state index >= 15 is 0 Å². The molecule has 34 heavy (non-hydrogen) atoms. The number of nitrogens with zero attached hydrogens (tertiary/aromatic N) is 4. The molecule has 1 fully saturated rings. The van der Waals surface area contributed by atoms with E-state index in [1.165, 1.54) is 17.1 Å². The summed E-state index contributed by atoms with van der Waals surface area (Å²) in [4.78, 5) is 37.7. The summed E-state index contributed by atoms with van der Waals surface area (Å²) in [6, 6.07) is -0.972. The first-order valence-corrected chi connectivity index (χ1v) is 12.9. The maximum atomic E-state index is 12.7. The summed E-state index contributed by atoms with van der Waals surface area (Å²) in [5, 5.41) is 35.5. The summed E-state index contributed by atoms with van der Waals surface area (Å²) < 4.78 is 38.6. The average molecular weight is 555 g/mol. The second kappa shape index (κ2) is 9.23. The summed E-state index contributed by atoms with van der Waals surface area (Å²) >= 11 is 3.37. The molecular formula is C16H13F3N6O5S4. The van der Waals surface area contributed by atoms with Gasteiger partial charge in [-0.2, -0.15) is 17.9 Å². The van der Waals surface area contributed by atoms with Crippen LogP contribution in [0.5, 0.6) is 0 Å². The molecule has 0 aromatic carbocycles. The highest BCUT2D eigenvalue weighted by atomic mass is 32.2. The average Bonchev–Trinajstić information content (AvgIpc) is 3.37. The predicted octanol–water partition coefficient (Wildman–Crippen LogP) is 1.21. The van der Waals surface area contributed by atoms with E-state index in [2.05, 4.69) is 15.5 Å². The number of thiazole rings is 1. The normalized spacial score (nSPS) is 20.2. The summed E-state index contributed by atoms with van der Waals surface area (Å²) in [5.74, 6) is -2.40. The molecule has 1 unspecified atom stereocenters. The van der Waals surface area contributed by atoms with Gasteiger partial charge in [-0.3, -0.25) is 19.9 Å². The van der Waals surface area contributed by atoms with Crippen LogP contribution in [0.4, 0.5) is 13.2 Å². The molecular weight excluding hydrogens is 541 g/mol. The van der Waals surface area contributed by atoms with Crippen molar-refractivity contribution < 1.29 is 37.9 Å². The lowest BCUT2D eigenvalue weighted by atomic mass is 10.0. The Bertz CT molecular complexity index is 1250. The zero-order valence-electron chi connectivity index (χ0n) is 16.5. The number of hydrogen-bond donors (Lipinski definition) is 4. The van der Waals surface area contributed by atoms with Crippen LogP contribution in [-0.2, 0) is 27.0 Å². The summed E-state index contributed by atoms with van der Waals surface area (Å²) in [6.07, 6.45) is -4.90. The van der Waals surface area contributed by atoms with Crippen LogP contribution in [0.25, 0.3) is 0 Å². The van der Waals surface area contributed by atoms with Crippen molar-refractivity contribution in [2.45, 2.75) is 28.4 Å². The Balaban J connectivity index is 1.43. The number of nitrogens with one attached hydrogen (secondary N) is 2. The minimum atomic E-state index is -4.62. The van der Waals surface area contributed by atoms with Crippen LogP contribution in [0, 0.1) is 5.41 Å². The van der Waals surface area contributed by atoms with Crippen molar-refractivity contribution >= 4 is 64.0 Å². The molecule has 2 atom stereocenters. The van der Waals surface area contributed by atoms with Gasteiger partial charge in [0.05, 0.1) is 12.1 Å². The van der Waals surface area contributed by atoms with Crippen molar-refractivity contribution in [3.63, 3.8) is 0 Å². The number of β-lactam (4-membered cyclic amide) rings is 1. The number of rotatable bonds is 7. The fourth-order valence-corrected chi connectivity index (χ4v) is 7.04. The number of carboxylic acids is 1. The first-order chi connectivity index (χ1) is 16.0. The van der Waals surface area contributed by atoms with E-state index in [4.69, 9.17) is 5.41 Å². The predicted molar refractivity (Wildman–Crippen MR) is 114 cm³/mol. The number of thioether (sulfide) groups is 2. The maximum absolute atomic E-state index is 12.7. The third-order valence-electron chi connectivity index (χ3n) is 4.70. The quantitative estimate of drug-likeness (QED) is 0.224. The van der Waals surface area contributed by atoms with Gasteiger partial charge >= 0.3 is 12.1 Å². The molecule has 2 aliphatic rings. The van der Waals surface area contributed by atoms with Gasteiger partial charge in [0.1, 0.15) is 17.1 Å². The number of hydrogen-bond acceptors (Lipinski definition) is 11. The number of fused-ring (bicyclic) bond motifs is 1. The fraction of sp³-hybridized carbons (Fsp3) is 0.375. The van der Waals surface area contributed by atoms with Gasteiger partial charge in [-0.25, -0.2) is 4.79 Å². The molecule has 0 saturated carbocycles. The van der Waals surface area contributed by atoms with Crippen LogP contribution in [0.1, 0.15) is 10.7 Å². The number of amides is 2. The molecule has 0 spiro atoms. The number of carbonyl (C=O) groups excluding carboxylic acids is 2. The Morgan fingerprint density at radius 1 is 1.35 bits per heavy atom. The first kappa shape index (κ1) is 24.6. The van der Waals surface area contributed by atoms with Gasteiger partial charge in [-0.1, -0.05) is 23.1 Å². The number of halogens is 3. The van der Waals surface area contributed by atoms with Crippen LogP contribution in [0.2, 0.25) is 0 Å². The molecule has 4 heterocycles. The molecule has 2 aliphatic heterocycles. The lowest BCUT2D eigenvalue weighted by molar-refractivity contribution is -0.150. The minimum absolute atomic E-state index is 0.00123. The summed E-state index contributed by atoms with van der Waals surface area (Å²) in [5.41, 5.74) is 0.239. The maximum Gasteiger partial charge on any atom is 0.445 e. The van der Waals surface area contributed by atoms with Crippen LogP contribution in [-0.4, -0.2) is 70.8 Å². The molecule has 11 nitrogen and oxygen atoms in total. The van der Waals surface area contributed by atoms with Gasteiger partial charge in [0.2, 0.25) is 15.7 Å². The molecule has 0 radical (unpaired) electrons. The number of alkyl halides is 3. The molecule has 0 aliphatic carbocycles. The van der Waals surface area contributed by atoms with Crippen molar-refractivity contribution in [3.05, 3.63) is 32.2 Å². The monoisotopic (exact) mass is 554 g/mol. The highest BCUT2D eigenvalue weighted by Crippen LogP contribution is 2.42. The smallest absolute Gasteiger partial charge is 0.445 e. The molecule has 0 bridgehead atoms. The second-order valence-electron chi connectivity index (χ2n) is 6.89. The molecule has 2 aromatic heterocycles. The van der Waals surface area contributed by atoms with E-state index < -0.39 is 40.4 Å². The highest BCUT2D eigenvalue weighted by Gasteiger charge is 2.54.